The summed E-state index contributed by atoms with van der Waals surface area (Å²) in [6.45, 7) is 3.55. The molecule has 0 amide bonds. The van der Waals surface area contributed by atoms with Gasteiger partial charge < -0.3 is 31.5 Å². The van der Waals surface area contributed by atoms with Crippen molar-refractivity contribution in [2.24, 2.45) is 5.73 Å². The standard InChI is InChI=1S/C17H30N2O4/c1-16(12-21,19-11-13-6-4-3-5-7-13)10-14(22)15(23)17(2,18)8-9-20/h3-7,14-15,19-23H,8-12,18H2,1-2H3. The minimum absolute atomic E-state index is 0.135. The highest BCUT2D eigenvalue weighted by molar-refractivity contribution is 5.14. The van der Waals surface area contributed by atoms with Gasteiger partial charge >= 0.3 is 0 Å². The Morgan fingerprint density at radius 1 is 1.13 bits per heavy atom. The fourth-order valence-corrected chi connectivity index (χ4v) is 2.51. The number of nitrogens with two attached hydrogens (primary N) is 1. The van der Waals surface area contributed by atoms with Crippen LogP contribution in [-0.4, -0.2) is 56.9 Å². The molecule has 23 heavy (non-hydrogen) atoms. The van der Waals surface area contributed by atoms with E-state index in [1.54, 1.807) is 13.8 Å². The highest BCUT2D eigenvalue weighted by Gasteiger charge is 2.37. The first-order valence-electron chi connectivity index (χ1n) is 7.90. The van der Waals surface area contributed by atoms with Crippen molar-refractivity contribution in [2.75, 3.05) is 13.2 Å². The number of nitrogens with one attached hydrogen (secondary N) is 1. The fourth-order valence-electron chi connectivity index (χ4n) is 2.51. The SMILES string of the molecule is CC(CO)(CC(O)C(O)C(C)(N)CCO)NCc1ccccc1. The van der Waals surface area contributed by atoms with Gasteiger partial charge in [0.25, 0.3) is 0 Å². The molecule has 4 atom stereocenters. The number of rotatable bonds is 10. The summed E-state index contributed by atoms with van der Waals surface area (Å²) < 4.78 is 0. The van der Waals surface area contributed by atoms with Gasteiger partial charge in [-0.3, -0.25) is 0 Å². The zero-order valence-corrected chi connectivity index (χ0v) is 13.9. The van der Waals surface area contributed by atoms with E-state index in [0.717, 1.165) is 5.56 Å². The molecular formula is C17H30N2O4. The summed E-state index contributed by atoms with van der Waals surface area (Å²) >= 11 is 0. The molecular weight excluding hydrogens is 296 g/mol. The van der Waals surface area contributed by atoms with Gasteiger partial charge in [-0.15, -0.1) is 0 Å². The molecule has 0 spiro atoms. The predicted molar refractivity (Wildman–Crippen MR) is 89.7 cm³/mol. The number of hydrogen-bond donors (Lipinski definition) is 6. The van der Waals surface area contributed by atoms with Crippen LogP contribution in [0.4, 0.5) is 0 Å². The molecule has 0 fully saturated rings. The largest absolute Gasteiger partial charge is 0.396 e. The van der Waals surface area contributed by atoms with Crippen LogP contribution in [0.5, 0.6) is 0 Å². The van der Waals surface area contributed by atoms with E-state index in [4.69, 9.17) is 10.8 Å². The van der Waals surface area contributed by atoms with Crippen LogP contribution in [0.1, 0.15) is 32.3 Å². The third-order valence-corrected chi connectivity index (χ3v) is 4.26. The van der Waals surface area contributed by atoms with Gasteiger partial charge in [0.15, 0.2) is 0 Å². The van der Waals surface area contributed by atoms with Gasteiger partial charge in [-0.25, -0.2) is 0 Å². The van der Waals surface area contributed by atoms with Crippen LogP contribution in [0.3, 0.4) is 0 Å². The Bertz CT molecular complexity index is 455. The molecule has 0 aliphatic heterocycles. The monoisotopic (exact) mass is 326 g/mol. The highest BCUT2D eigenvalue weighted by Crippen LogP contribution is 2.21. The van der Waals surface area contributed by atoms with E-state index in [1.165, 1.54) is 0 Å². The van der Waals surface area contributed by atoms with E-state index in [0.29, 0.717) is 6.54 Å². The van der Waals surface area contributed by atoms with Crippen molar-refractivity contribution in [3.05, 3.63) is 35.9 Å². The van der Waals surface area contributed by atoms with Crippen LogP contribution in [0.2, 0.25) is 0 Å². The van der Waals surface area contributed by atoms with Gasteiger partial charge in [-0.05, 0) is 32.3 Å². The van der Waals surface area contributed by atoms with Gasteiger partial charge in [0, 0.05) is 24.2 Å². The first-order valence-corrected chi connectivity index (χ1v) is 7.90. The molecule has 0 aromatic heterocycles. The van der Waals surface area contributed by atoms with E-state index in [9.17, 15) is 15.3 Å². The molecule has 0 radical (unpaired) electrons. The summed E-state index contributed by atoms with van der Waals surface area (Å²) in [5.74, 6) is 0. The molecule has 1 rings (SSSR count). The van der Waals surface area contributed by atoms with Crippen molar-refractivity contribution in [1.82, 2.24) is 5.32 Å². The molecule has 1 aromatic rings. The molecule has 0 bridgehead atoms. The smallest absolute Gasteiger partial charge is 0.0976 e. The maximum Gasteiger partial charge on any atom is 0.0976 e. The van der Waals surface area contributed by atoms with Crippen molar-refractivity contribution >= 4 is 0 Å². The summed E-state index contributed by atoms with van der Waals surface area (Å²) in [6, 6.07) is 9.72. The van der Waals surface area contributed by atoms with Crippen LogP contribution < -0.4 is 11.1 Å². The number of aliphatic hydroxyl groups excluding tert-OH is 4. The minimum atomic E-state index is -1.20. The molecule has 132 valence electrons. The summed E-state index contributed by atoms with van der Waals surface area (Å²) in [6.07, 6.45) is -2.00. The number of benzene rings is 1. The lowest BCUT2D eigenvalue weighted by molar-refractivity contribution is -0.0489. The summed E-state index contributed by atoms with van der Waals surface area (Å²) in [5.41, 5.74) is 5.15. The Balaban J connectivity index is 2.65. The third-order valence-electron chi connectivity index (χ3n) is 4.26. The van der Waals surface area contributed by atoms with E-state index in [-0.39, 0.29) is 26.1 Å². The van der Waals surface area contributed by atoms with Crippen molar-refractivity contribution < 1.29 is 20.4 Å². The zero-order chi connectivity index (χ0) is 17.5. The van der Waals surface area contributed by atoms with E-state index >= 15 is 0 Å². The highest BCUT2D eigenvalue weighted by atomic mass is 16.3. The first-order chi connectivity index (χ1) is 10.7. The quantitative estimate of drug-likeness (QED) is 0.353. The lowest BCUT2D eigenvalue weighted by atomic mass is 9.83. The summed E-state index contributed by atoms with van der Waals surface area (Å²) in [5, 5.41) is 42.4. The van der Waals surface area contributed by atoms with Gasteiger partial charge in [-0.2, -0.15) is 0 Å². The Hall–Kier alpha value is -1.02. The Labute approximate surface area is 138 Å². The molecule has 1 aromatic carbocycles. The third kappa shape index (κ3) is 6.18. The molecule has 0 aliphatic rings. The van der Waals surface area contributed by atoms with E-state index in [2.05, 4.69) is 5.32 Å². The second-order valence-electron chi connectivity index (χ2n) is 6.75. The molecule has 7 N–H and O–H groups in total. The predicted octanol–water partition coefficient (Wildman–Crippen LogP) is -0.261. The van der Waals surface area contributed by atoms with Gasteiger partial charge in [0.05, 0.1) is 18.8 Å². The van der Waals surface area contributed by atoms with Crippen molar-refractivity contribution in [2.45, 2.75) is 56.5 Å². The molecule has 6 heteroatoms. The van der Waals surface area contributed by atoms with Gasteiger partial charge in [-0.1, -0.05) is 30.3 Å². The molecule has 6 nitrogen and oxygen atoms in total. The van der Waals surface area contributed by atoms with Gasteiger partial charge in [0.1, 0.15) is 0 Å². The Morgan fingerprint density at radius 2 is 1.74 bits per heavy atom. The second-order valence-corrected chi connectivity index (χ2v) is 6.75. The molecule has 0 saturated carbocycles. The van der Waals surface area contributed by atoms with E-state index in [1.807, 2.05) is 30.3 Å². The Kier molecular flexibility index (Phi) is 7.60. The molecule has 4 unspecified atom stereocenters. The van der Waals surface area contributed by atoms with Crippen LogP contribution >= 0.6 is 0 Å². The van der Waals surface area contributed by atoms with Crippen LogP contribution in [0, 0.1) is 0 Å². The number of hydrogen-bond acceptors (Lipinski definition) is 6. The van der Waals surface area contributed by atoms with Crippen LogP contribution in [-0.2, 0) is 6.54 Å². The Morgan fingerprint density at radius 3 is 2.26 bits per heavy atom. The summed E-state index contributed by atoms with van der Waals surface area (Å²) in [7, 11) is 0. The van der Waals surface area contributed by atoms with Crippen LogP contribution in [0.25, 0.3) is 0 Å². The number of aliphatic hydroxyl groups is 4. The average Bonchev–Trinajstić information content (AvgIpc) is 2.53. The normalized spacial score (nSPS) is 19.6. The maximum absolute atomic E-state index is 10.3. The lowest BCUT2D eigenvalue weighted by Crippen LogP contribution is -2.57. The minimum Gasteiger partial charge on any atom is -0.396 e. The van der Waals surface area contributed by atoms with E-state index < -0.39 is 23.3 Å². The summed E-state index contributed by atoms with van der Waals surface area (Å²) in [4.78, 5) is 0. The second kappa shape index (κ2) is 8.73. The fraction of sp³-hybridized carbons (Fsp3) is 0.647. The van der Waals surface area contributed by atoms with Crippen molar-refractivity contribution in [3.63, 3.8) is 0 Å². The van der Waals surface area contributed by atoms with Crippen molar-refractivity contribution in [1.29, 1.82) is 0 Å². The first kappa shape index (κ1) is 20.0. The van der Waals surface area contributed by atoms with Crippen LogP contribution in [0.15, 0.2) is 30.3 Å². The van der Waals surface area contributed by atoms with Gasteiger partial charge in [0.2, 0.25) is 0 Å². The zero-order valence-electron chi connectivity index (χ0n) is 13.9. The topological polar surface area (TPSA) is 119 Å². The molecule has 0 heterocycles. The molecule has 0 aliphatic carbocycles. The maximum atomic E-state index is 10.3. The average molecular weight is 326 g/mol. The van der Waals surface area contributed by atoms with Crippen molar-refractivity contribution in [3.8, 4) is 0 Å². The lowest BCUT2D eigenvalue weighted by Gasteiger charge is -2.37. The molecule has 0 saturated heterocycles.